The van der Waals surface area contributed by atoms with Crippen LogP contribution in [0.4, 0.5) is 0 Å². The maximum absolute atomic E-state index is 11.0. The molecule has 0 heterocycles. The summed E-state index contributed by atoms with van der Waals surface area (Å²) in [4.78, 5) is 21.1. The number of hydrogen-bond acceptors (Lipinski definition) is 3. The lowest BCUT2D eigenvalue weighted by Gasteiger charge is -2.10. The number of carbonyl (C=O) groups is 1. The Kier molecular flexibility index (Phi) is 5.33. The average Bonchev–Trinajstić information content (AvgIpc) is 2.00. The molecule has 0 fully saturated rings. The van der Waals surface area contributed by atoms with Gasteiger partial charge in [-0.2, -0.15) is 5.01 Å². The van der Waals surface area contributed by atoms with Gasteiger partial charge in [0.1, 0.15) is 0 Å². The van der Waals surface area contributed by atoms with Gasteiger partial charge >= 0.3 is 0 Å². The van der Waals surface area contributed by atoms with Crippen LogP contribution in [0.25, 0.3) is 0 Å². The molecule has 0 bridgehead atoms. The second-order valence-corrected chi connectivity index (χ2v) is 2.35. The molecule has 0 saturated heterocycles. The molecule has 0 aliphatic rings. The molecule has 0 aromatic heterocycles. The second-order valence-electron chi connectivity index (χ2n) is 2.35. The Bertz CT molecular complexity index is 136. The van der Waals surface area contributed by atoms with Gasteiger partial charge in [-0.25, -0.2) is 0 Å². The Labute approximate surface area is 66.5 Å². The average molecular weight is 158 g/mol. The van der Waals surface area contributed by atoms with Crippen LogP contribution in [-0.4, -0.2) is 17.5 Å². The molecule has 0 aliphatic heterocycles. The Morgan fingerprint density at radius 1 is 1.36 bits per heavy atom. The molecular weight excluding hydrogens is 144 g/mol. The van der Waals surface area contributed by atoms with Crippen LogP contribution in [0.1, 0.15) is 33.1 Å². The van der Waals surface area contributed by atoms with E-state index in [0.717, 1.165) is 17.9 Å². The molecule has 0 aromatic rings. The smallest absolute Gasteiger partial charge is 0.245 e. The van der Waals surface area contributed by atoms with Crippen LogP contribution < -0.4 is 0 Å². The van der Waals surface area contributed by atoms with Gasteiger partial charge in [-0.15, -0.1) is 4.91 Å². The van der Waals surface area contributed by atoms with Crippen LogP contribution in [0.15, 0.2) is 5.29 Å². The van der Waals surface area contributed by atoms with E-state index < -0.39 is 0 Å². The third kappa shape index (κ3) is 3.70. The Balaban J connectivity index is 3.81. The molecule has 0 spiro atoms. The maximum Gasteiger partial charge on any atom is 0.245 e. The summed E-state index contributed by atoms with van der Waals surface area (Å²) in [6, 6.07) is 0. The van der Waals surface area contributed by atoms with Gasteiger partial charge in [-0.05, 0) is 12.8 Å². The summed E-state index contributed by atoms with van der Waals surface area (Å²) in [5.41, 5.74) is 0. The highest BCUT2D eigenvalue weighted by Crippen LogP contribution is 1.98. The van der Waals surface area contributed by atoms with Crippen molar-refractivity contribution >= 4 is 5.91 Å². The van der Waals surface area contributed by atoms with Crippen molar-refractivity contribution in [1.29, 1.82) is 0 Å². The first-order valence-electron chi connectivity index (χ1n) is 3.89. The van der Waals surface area contributed by atoms with E-state index >= 15 is 0 Å². The molecule has 4 heteroatoms. The standard InChI is InChI=1S/C7H14N2O2/c1-3-5-7(10)9(8-11)6-4-2/h3-6H2,1-2H3. The van der Waals surface area contributed by atoms with E-state index in [0.29, 0.717) is 13.0 Å². The van der Waals surface area contributed by atoms with Crippen molar-refractivity contribution in [3.8, 4) is 0 Å². The molecule has 0 rings (SSSR count). The Hall–Kier alpha value is -0.930. The summed E-state index contributed by atoms with van der Waals surface area (Å²) in [5, 5.41) is 3.62. The fourth-order valence-electron chi connectivity index (χ4n) is 0.766. The van der Waals surface area contributed by atoms with E-state index in [9.17, 15) is 9.70 Å². The monoisotopic (exact) mass is 158 g/mol. The fourth-order valence-corrected chi connectivity index (χ4v) is 0.766. The zero-order chi connectivity index (χ0) is 8.69. The zero-order valence-electron chi connectivity index (χ0n) is 7.04. The first kappa shape index (κ1) is 10.1. The van der Waals surface area contributed by atoms with E-state index in [4.69, 9.17) is 0 Å². The highest BCUT2D eigenvalue weighted by atomic mass is 16.3. The molecule has 0 N–H and O–H groups in total. The Morgan fingerprint density at radius 3 is 2.36 bits per heavy atom. The van der Waals surface area contributed by atoms with Gasteiger partial charge in [-0.3, -0.25) is 4.79 Å². The van der Waals surface area contributed by atoms with Crippen molar-refractivity contribution in [3.63, 3.8) is 0 Å². The van der Waals surface area contributed by atoms with Crippen molar-refractivity contribution in [1.82, 2.24) is 5.01 Å². The molecule has 64 valence electrons. The lowest BCUT2D eigenvalue weighted by Crippen LogP contribution is -2.25. The summed E-state index contributed by atoms with van der Waals surface area (Å²) in [5.74, 6) is -0.177. The number of amides is 1. The van der Waals surface area contributed by atoms with Crippen LogP contribution >= 0.6 is 0 Å². The number of hydrogen-bond donors (Lipinski definition) is 0. The summed E-state index contributed by atoms with van der Waals surface area (Å²) < 4.78 is 0. The van der Waals surface area contributed by atoms with Crippen LogP contribution in [0.2, 0.25) is 0 Å². The quantitative estimate of drug-likeness (QED) is 0.451. The normalized spacial score (nSPS) is 9.27. The van der Waals surface area contributed by atoms with Gasteiger partial charge in [0.05, 0.1) is 5.29 Å². The summed E-state index contributed by atoms with van der Waals surface area (Å²) >= 11 is 0. The minimum atomic E-state index is -0.177. The number of nitrogens with zero attached hydrogens (tertiary/aromatic N) is 2. The predicted octanol–water partition coefficient (Wildman–Crippen LogP) is 1.71. The van der Waals surface area contributed by atoms with E-state index in [2.05, 4.69) is 5.29 Å². The minimum absolute atomic E-state index is 0.177. The fraction of sp³-hybridized carbons (Fsp3) is 0.857. The van der Waals surface area contributed by atoms with E-state index in [-0.39, 0.29) is 5.91 Å². The SMILES string of the molecule is CCCC(=O)N(CCC)N=O. The second kappa shape index (κ2) is 5.82. The molecule has 4 nitrogen and oxygen atoms in total. The summed E-state index contributed by atoms with van der Waals surface area (Å²) in [6.07, 6.45) is 1.93. The van der Waals surface area contributed by atoms with Crippen molar-refractivity contribution < 1.29 is 4.79 Å². The van der Waals surface area contributed by atoms with Crippen LogP contribution in [0, 0.1) is 4.91 Å². The van der Waals surface area contributed by atoms with Crippen LogP contribution in [0.5, 0.6) is 0 Å². The minimum Gasteiger partial charge on any atom is -0.273 e. The first-order chi connectivity index (χ1) is 5.26. The largest absolute Gasteiger partial charge is 0.273 e. The highest BCUT2D eigenvalue weighted by molar-refractivity contribution is 5.75. The van der Waals surface area contributed by atoms with Gasteiger partial charge in [0.25, 0.3) is 0 Å². The highest BCUT2D eigenvalue weighted by Gasteiger charge is 2.10. The van der Waals surface area contributed by atoms with Crippen molar-refractivity contribution in [2.45, 2.75) is 33.1 Å². The molecule has 0 radical (unpaired) electrons. The van der Waals surface area contributed by atoms with Crippen molar-refractivity contribution in [3.05, 3.63) is 4.91 Å². The van der Waals surface area contributed by atoms with Gasteiger partial charge in [0.15, 0.2) is 0 Å². The summed E-state index contributed by atoms with van der Waals surface area (Å²) in [6.45, 7) is 4.23. The number of nitroso groups, excluding NO2 is 1. The van der Waals surface area contributed by atoms with Crippen molar-refractivity contribution in [2.24, 2.45) is 5.29 Å². The van der Waals surface area contributed by atoms with E-state index in [1.165, 1.54) is 0 Å². The van der Waals surface area contributed by atoms with E-state index in [1.807, 2.05) is 13.8 Å². The third-order valence-electron chi connectivity index (χ3n) is 1.29. The lowest BCUT2D eigenvalue weighted by molar-refractivity contribution is -0.131. The third-order valence-corrected chi connectivity index (χ3v) is 1.29. The lowest BCUT2D eigenvalue weighted by atomic mass is 10.3. The zero-order valence-corrected chi connectivity index (χ0v) is 7.04. The molecule has 0 aliphatic carbocycles. The molecule has 0 unspecified atom stereocenters. The van der Waals surface area contributed by atoms with Gasteiger partial charge in [0, 0.05) is 13.0 Å². The first-order valence-corrected chi connectivity index (χ1v) is 3.89. The van der Waals surface area contributed by atoms with Crippen LogP contribution in [0.3, 0.4) is 0 Å². The van der Waals surface area contributed by atoms with Gasteiger partial charge in [0.2, 0.25) is 5.91 Å². The molecule has 0 atom stereocenters. The maximum atomic E-state index is 11.0. The number of rotatable bonds is 5. The molecule has 0 saturated carbocycles. The molecule has 11 heavy (non-hydrogen) atoms. The van der Waals surface area contributed by atoms with E-state index in [1.54, 1.807) is 0 Å². The topological polar surface area (TPSA) is 49.7 Å². The molecular formula is C7H14N2O2. The van der Waals surface area contributed by atoms with Crippen LogP contribution in [-0.2, 0) is 4.79 Å². The molecule has 1 amide bonds. The summed E-state index contributed by atoms with van der Waals surface area (Å²) in [7, 11) is 0. The van der Waals surface area contributed by atoms with Crippen molar-refractivity contribution in [2.75, 3.05) is 6.54 Å². The number of carbonyl (C=O) groups excluding carboxylic acids is 1. The predicted molar refractivity (Wildman–Crippen MR) is 42.7 cm³/mol. The Morgan fingerprint density at radius 2 is 2.00 bits per heavy atom. The van der Waals surface area contributed by atoms with Gasteiger partial charge in [-0.1, -0.05) is 13.8 Å². The molecule has 0 aromatic carbocycles. The van der Waals surface area contributed by atoms with Gasteiger partial charge < -0.3 is 0 Å².